The molecule has 0 aliphatic rings. The Kier molecular flexibility index (Phi) is 3.97. The fraction of sp³-hybridized carbons (Fsp3) is 0.200. The highest BCUT2D eigenvalue weighted by Crippen LogP contribution is 2.10. The lowest BCUT2D eigenvalue weighted by Gasteiger charge is -2.12. The predicted octanol–water partition coefficient (Wildman–Crippen LogP) is 1.91. The van der Waals surface area contributed by atoms with E-state index in [1.165, 1.54) is 0 Å². The first-order valence-corrected chi connectivity index (χ1v) is 6.81. The molecule has 6 heteroatoms. The Balaban J connectivity index is 1.71. The minimum absolute atomic E-state index is 0.132. The third-order valence-corrected chi connectivity index (χ3v) is 3.23. The third kappa shape index (κ3) is 3.11. The van der Waals surface area contributed by atoms with Gasteiger partial charge in [-0.15, -0.1) is 5.10 Å². The smallest absolute Gasteiger partial charge is 0.170 e. The molecule has 0 fully saturated rings. The zero-order valence-corrected chi connectivity index (χ0v) is 11.7. The molecule has 3 rings (SSSR count). The van der Waals surface area contributed by atoms with Gasteiger partial charge < -0.3 is 5.32 Å². The molecule has 1 N–H and O–H groups in total. The first kappa shape index (κ1) is 13.4. The van der Waals surface area contributed by atoms with Crippen molar-refractivity contribution in [3.8, 4) is 5.69 Å². The highest BCUT2D eigenvalue weighted by atomic mass is 15.5. The van der Waals surface area contributed by atoms with Crippen LogP contribution in [0, 0.1) is 0 Å². The number of hydrogen-bond donors (Lipinski definition) is 1. The van der Waals surface area contributed by atoms with Crippen LogP contribution in [-0.2, 0) is 6.54 Å². The highest BCUT2D eigenvalue weighted by Gasteiger charge is 2.11. The van der Waals surface area contributed by atoms with Gasteiger partial charge in [0.05, 0.1) is 17.9 Å². The lowest BCUT2D eigenvalue weighted by atomic mass is 10.2. The fourth-order valence-electron chi connectivity index (χ4n) is 2.07. The van der Waals surface area contributed by atoms with E-state index in [2.05, 4.69) is 32.7 Å². The molecule has 0 radical (unpaired) electrons. The van der Waals surface area contributed by atoms with Gasteiger partial charge in [0.15, 0.2) is 5.82 Å². The second-order valence-electron chi connectivity index (χ2n) is 4.70. The standard InChI is InChI=1S/C15H16N6/c1-12(14-9-5-6-10-16-14)17-11-15-18-19-20-21(15)13-7-3-2-4-8-13/h2-10,12,17H,11H2,1H3. The van der Waals surface area contributed by atoms with E-state index in [1.807, 2.05) is 48.5 Å². The average Bonchev–Trinajstić information content (AvgIpc) is 3.03. The monoisotopic (exact) mass is 280 g/mol. The van der Waals surface area contributed by atoms with Crippen molar-refractivity contribution in [3.05, 3.63) is 66.2 Å². The quantitative estimate of drug-likeness (QED) is 0.773. The molecule has 0 saturated heterocycles. The van der Waals surface area contributed by atoms with Crippen molar-refractivity contribution in [1.29, 1.82) is 0 Å². The van der Waals surface area contributed by atoms with E-state index in [0.29, 0.717) is 6.54 Å². The largest absolute Gasteiger partial charge is 0.302 e. The molecule has 0 aliphatic heterocycles. The minimum Gasteiger partial charge on any atom is -0.302 e. The molecule has 0 saturated carbocycles. The van der Waals surface area contributed by atoms with Crippen LogP contribution in [0.5, 0.6) is 0 Å². The molecule has 3 aromatic rings. The van der Waals surface area contributed by atoms with Gasteiger partial charge in [-0.05, 0) is 41.6 Å². The van der Waals surface area contributed by atoms with Crippen LogP contribution in [0.15, 0.2) is 54.7 Å². The Morgan fingerprint density at radius 3 is 2.67 bits per heavy atom. The van der Waals surface area contributed by atoms with Crippen LogP contribution in [0.1, 0.15) is 24.5 Å². The van der Waals surface area contributed by atoms with Crippen molar-refractivity contribution >= 4 is 0 Å². The van der Waals surface area contributed by atoms with Gasteiger partial charge in [-0.1, -0.05) is 24.3 Å². The Morgan fingerprint density at radius 1 is 1.10 bits per heavy atom. The van der Waals surface area contributed by atoms with Crippen molar-refractivity contribution in [2.75, 3.05) is 0 Å². The number of tetrazole rings is 1. The lowest BCUT2D eigenvalue weighted by Crippen LogP contribution is -2.21. The van der Waals surface area contributed by atoms with Crippen LogP contribution in [-0.4, -0.2) is 25.2 Å². The summed E-state index contributed by atoms with van der Waals surface area (Å²) in [6.07, 6.45) is 1.79. The van der Waals surface area contributed by atoms with Crippen LogP contribution in [0.2, 0.25) is 0 Å². The number of nitrogens with one attached hydrogen (secondary N) is 1. The summed E-state index contributed by atoms with van der Waals surface area (Å²) >= 11 is 0. The van der Waals surface area contributed by atoms with E-state index in [1.54, 1.807) is 10.9 Å². The second kappa shape index (κ2) is 6.23. The normalized spacial score (nSPS) is 12.2. The molecule has 2 aromatic heterocycles. The van der Waals surface area contributed by atoms with Crippen molar-refractivity contribution in [2.24, 2.45) is 0 Å². The Bertz CT molecular complexity index is 680. The molecular formula is C15H16N6. The van der Waals surface area contributed by atoms with Crippen LogP contribution in [0.3, 0.4) is 0 Å². The number of aromatic nitrogens is 5. The number of hydrogen-bond acceptors (Lipinski definition) is 5. The van der Waals surface area contributed by atoms with Crippen LogP contribution < -0.4 is 5.32 Å². The highest BCUT2D eigenvalue weighted by molar-refractivity contribution is 5.30. The summed E-state index contributed by atoms with van der Waals surface area (Å²) < 4.78 is 1.73. The van der Waals surface area contributed by atoms with Gasteiger partial charge in [0.1, 0.15) is 0 Å². The van der Waals surface area contributed by atoms with E-state index in [-0.39, 0.29) is 6.04 Å². The zero-order chi connectivity index (χ0) is 14.5. The van der Waals surface area contributed by atoms with Gasteiger partial charge in [-0.25, -0.2) is 0 Å². The van der Waals surface area contributed by atoms with Crippen LogP contribution in [0.4, 0.5) is 0 Å². The summed E-state index contributed by atoms with van der Waals surface area (Å²) in [6.45, 7) is 2.64. The van der Waals surface area contributed by atoms with Crippen molar-refractivity contribution in [3.63, 3.8) is 0 Å². The summed E-state index contributed by atoms with van der Waals surface area (Å²) in [5.41, 5.74) is 1.95. The molecule has 0 bridgehead atoms. The summed E-state index contributed by atoms with van der Waals surface area (Å²) in [6, 6.07) is 15.9. The molecule has 6 nitrogen and oxygen atoms in total. The number of para-hydroxylation sites is 1. The van der Waals surface area contributed by atoms with E-state index in [9.17, 15) is 0 Å². The number of rotatable bonds is 5. The topological polar surface area (TPSA) is 68.5 Å². The summed E-state index contributed by atoms with van der Waals surface area (Å²) in [4.78, 5) is 4.34. The molecule has 21 heavy (non-hydrogen) atoms. The number of benzene rings is 1. The van der Waals surface area contributed by atoms with Gasteiger partial charge in [0.2, 0.25) is 0 Å². The van der Waals surface area contributed by atoms with E-state index >= 15 is 0 Å². The third-order valence-electron chi connectivity index (χ3n) is 3.23. The first-order valence-electron chi connectivity index (χ1n) is 6.81. The maximum Gasteiger partial charge on any atom is 0.170 e. The van der Waals surface area contributed by atoms with Gasteiger partial charge in [0, 0.05) is 12.2 Å². The van der Waals surface area contributed by atoms with Crippen molar-refractivity contribution < 1.29 is 0 Å². The Hall–Kier alpha value is -2.60. The van der Waals surface area contributed by atoms with E-state index in [0.717, 1.165) is 17.2 Å². The van der Waals surface area contributed by atoms with E-state index in [4.69, 9.17) is 0 Å². The van der Waals surface area contributed by atoms with Gasteiger partial charge in [-0.2, -0.15) is 4.68 Å². The van der Waals surface area contributed by atoms with E-state index < -0.39 is 0 Å². The molecule has 1 atom stereocenters. The van der Waals surface area contributed by atoms with Gasteiger partial charge in [0.25, 0.3) is 0 Å². The van der Waals surface area contributed by atoms with Crippen LogP contribution >= 0.6 is 0 Å². The summed E-state index contributed by atoms with van der Waals surface area (Å²) in [5.74, 6) is 0.768. The zero-order valence-electron chi connectivity index (χ0n) is 11.7. The van der Waals surface area contributed by atoms with Crippen LogP contribution in [0.25, 0.3) is 5.69 Å². The molecule has 0 aliphatic carbocycles. The second-order valence-corrected chi connectivity index (χ2v) is 4.70. The first-order chi connectivity index (χ1) is 10.3. The number of nitrogens with zero attached hydrogens (tertiary/aromatic N) is 5. The maximum absolute atomic E-state index is 4.34. The molecule has 1 unspecified atom stereocenters. The number of pyridine rings is 1. The van der Waals surface area contributed by atoms with Crippen molar-refractivity contribution in [2.45, 2.75) is 19.5 Å². The lowest BCUT2D eigenvalue weighted by molar-refractivity contribution is 0.540. The molecule has 0 amide bonds. The van der Waals surface area contributed by atoms with Gasteiger partial charge >= 0.3 is 0 Å². The molecule has 2 heterocycles. The Labute approximate surface area is 122 Å². The molecule has 1 aromatic carbocycles. The fourth-order valence-corrected chi connectivity index (χ4v) is 2.07. The Morgan fingerprint density at radius 2 is 1.90 bits per heavy atom. The summed E-state index contributed by atoms with van der Waals surface area (Å²) in [5, 5.41) is 15.3. The van der Waals surface area contributed by atoms with Gasteiger partial charge in [-0.3, -0.25) is 4.98 Å². The molecule has 106 valence electrons. The summed E-state index contributed by atoms with van der Waals surface area (Å²) in [7, 11) is 0. The van der Waals surface area contributed by atoms with Crippen molar-refractivity contribution in [1.82, 2.24) is 30.5 Å². The molecular weight excluding hydrogens is 264 g/mol. The predicted molar refractivity (Wildman–Crippen MR) is 78.6 cm³/mol. The molecule has 0 spiro atoms. The SMILES string of the molecule is CC(NCc1nnnn1-c1ccccc1)c1ccccn1. The maximum atomic E-state index is 4.34. The average molecular weight is 280 g/mol. The minimum atomic E-state index is 0.132.